The number of hydrogen-bond donors (Lipinski definition) is 2. The number of amides is 2. The van der Waals surface area contributed by atoms with Gasteiger partial charge in [0.2, 0.25) is 11.8 Å². The molecule has 232 valence electrons. The number of nitrogens with one attached hydrogen (secondary N) is 1. The van der Waals surface area contributed by atoms with Crippen molar-refractivity contribution in [3.05, 3.63) is 136 Å². The van der Waals surface area contributed by atoms with Crippen molar-refractivity contribution in [2.24, 2.45) is 5.92 Å². The van der Waals surface area contributed by atoms with E-state index in [0.717, 1.165) is 32.4 Å². The summed E-state index contributed by atoms with van der Waals surface area (Å²) in [5, 5.41) is 15.6. The Morgan fingerprint density at radius 3 is 2.07 bits per heavy atom. The van der Waals surface area contributed by atoms with Crippen LogP contribution < -0.4 is 5.32 Å². The van der Waals surface area contributed by atoms with Crippen molar-refractivity contribution >= 4 is 33.4 Å². The van der Waals surface area contributed by atoms with Gasteiger partial charge in [0, 0.05) is 36.2 Å². The van der Waals surface area contributed by atoms with Gasteiger partial charge in [0.05, 0.1) is 18.2 Å². The molecule has 1 fully saturated rings. The topological polar surface area (TPSA) is 72.9 Å². The number of halogens is 1. The standard InChI is InChI=1S/C38H40BrN3O3/c1-24(2)22-31-38(29-21-20-28(39)23-30(29)40-37(38)45)32(25-14-8-5-9-15-25)34(36(44)41(3)4)42(31)33(26-16-10-6-11-17-26)35(43)27-18-12-7-13-19-27/h5-21,23-24,31-35,43H,22H2,1-4H3,(H,40,45)/t31-,32+,33-,34-,35+,38+/m1/s1. The smallest absolute Gasteiger partial charge is 0.240 e. The van der Waals surface area contributed by atoms with Crippen LogP contribution in [0.4, 0.5) is 5.69 Å². The maximum atomic E-state index is 14.9. The summed E-state index contributed by atoms with van der Waals surface area (Å²) in [5.41, 5.74) is 3.08. The van der Waals surface area contributed by atoms with Crippen molar-refractivity contribution in [2.45, 2.75) is 55.8 Å². The minimum atomic E-state index is -1.11. The van der Waals surface area contributed by atoms with E-state index in [1.165, 1.54) is 0 Å². The first-order valence-corrected chi connectivity index (χ1v) is 16.4. The van der Waals surface area contributed by atoms with E-state index in [1.54, 1.807) is 19.0 Å². The summed E-state index contributed by atoms with van der Waals surface area (Å²) < 4.78 is 0.868. The van der Waals surface area contributed by atoms with E-state index < -0.39 is 35.6 Å². The largest absolute Gasteiger partial charge is 0.386 e. The van der Waals surface area contributed by atoms with E-state index in [4.69, 9.17) is 0 Å². The Kier molecular flexibility index (Phi) is 8.70. The second-order valence-corrected chi connectivity index (χ2v) is 13.8. The lowest BCUT2D eigenvalue weighted by molar-refractivity contribution is -0.136. The van der Waals surface area contributed by atoms with Gasteiger partial charge in [-0.05, 0) is 46.7 Å². The zero-order valence-electron chi connectivity index (χ0n) is 26.1. The highest BCUT2D eigenvalue weighted by atomic mass is 79.9. The lowest BCUT2D eigenvalue weighted by Crippen LogP contribution is -2.52. The van der Waals surface area contributed by atoms with E-state index in [-0.39, 0.29) is 17.7 Å². The summed E-state index contributed by atoms with van der Waals surface area (Å²) in [6, 6.07) is 33.7. The number of likely N-dealkylation sites (N-methyl/N-ethyl adjacent to an activating group) is 1. The van der Waals surface area contributed by atoms with Crippen LogP contribution in [0.25, 0.3) is 0 Å². The molecule has 0 radical (unpaired) electrons. The number of carbonyl (C=O) groups excluding carboxylic acids is 2. The molecule has 45 heavy (non-hydrogen) atoms. The summed E-state index contributed by atoms with van der Waals surface area (Å²) in [7, 11) is 3.55. The monoisotopic (exact) mass is 665 g/mol. The zero-order chi connectivity index (χ0) is 31.9. The van der Waals surface area contributed by atoms with E-state index in [2.05, 4.69) is 40.0 Å². The third-order valence-electron chi connectivity index (χ3n) is 9.51. The van der Waals surface area contributed by atoms with Crippen LogP contribution in [-0.2, 0) is 15.0 Å². The van der Waals surface area contributed by atoms with E-state index >= 15 is 0 Å². The van der Waals surface area contributed by atoms with Crippen molar-refractivity contribution in [1.82, 2.24) is 9.80 Å². The average Bonchev–Trinajstić information content (AvgIpc) is 3.48. The molecule has 6 nitrogen and oxygen atoms in total. The fourth-order valence-electron chi connectivity index (χ4n) is 7.79. The molecule has 2 amide bonds. The second kappa shape index (κ2) is 12.5. The molecule has 2 heterocycles. The van der Waals surface area contributed by atoms with Crippen LogP contribution in [-0.4, -0.2) is 52.9 Å². The number of likely N-dealkylation sites (tertiary alicyclic amines) is 1. The third-order valence-corrected chi connectivity index (χ3v) is 10.0. The van der Waals surface area contributed by atoms with E-state index in [0.29, 0.717) is 6.42 Å². The summed E-state index contributed by atoms with van der Waals surface area (Å²) in [6.07, 6.45) is -0.338. The molecule has 0 aromatic heterocycles. The van der Waals surface area contributed by atoms with Gasteiger partial charge in [-0.25, -0.2) is 0 Å². The Hall–Kier alpha value is -3.78. The summed E-state index contributed by atoms with van der Waals surface area (Å²) in [5.74, 6) is -0.560. The molecule has 4 aromatic carbocycles. The number of rotatable bonds is 8. The van der Waals surface area contributed by atoms with Gasteiger partial charge >= 0.3 is 0 Å². The van der Waals surface area contributed by atoms with Crippen molar-refractivity contribution in [2.75, 3.05) is 19.4 Å². The fourth-order valence-corrected chi connectivity index (χ4v) is 8.15. The Morgan fingerprint density at radius 1 is 0.911 bits per heavy atom. The number of benzene rings is 4. The van der Waals surface area contributed by atoms with Crippen molar-refractivity contribution in [1.29, 1.82) is 0 Å². The first-order valence-electron chi connectivity index (χ1n) is 15.6. The predicted molar refractivity (Wildman–Crippen MR) is 182 cm³/mol. The molecule has 4 aromatic rings. The lowest BCUT2D eigenvalue weighted by atomic mass is 9.63. The first kappa shape index (κ1) is 31.2. The number of fused-ring (bicyclic) bond motifs is 2. The summed E-state index contributed by atoms with van der Waals surface area (Å²) in [4.78, 5) is 33.5. The van der Waals surface area contributed by atoms with Gasteiger partial charge in [-0.15, -0.1) is 0 Å². The van der Waals surface area contributed by atoms with Crippen LogP contribution in [0.5, 0.6) is 0 Å². The van der Waals surface area contributed by atoms with Crippen LogP contribution in [0.2, 0.25) is 0 Å². The van der Waals surface area contributed by atoms with E-state index in [9.17, 15) is 14.7 Å². The minimum absolute atomic E-state index is 0.103. The molecule has 0 unspecified atom stereocenters. The molecule has 6 atom stereocenters. The third kappa shape index (κ3) is 5.31. The Morgan fingerprint density at radius 2 is 1.49 bits per heavy atom. The molecule has 0 aliphatic carbocycles. The van der Waals surface area contributed by atoms with Gasteiger partial charge < -0.3 is 15.3 Å². The van der Waals surface area contributed by atoms with Crippen LogP contribution in [0, 0.1) is 5.92 Å². The Bertz CT molecular complexity index is 1660. The number of nitrogens with zero attached hydrogens (tertiary/aromatic N) is 2. The molecule has 6 rings (SSSR count). The molecular formula is C38H40BrN3O3. The number of aliphatic hydroxyl groups is 1. The van der Waals surface area contributed by atoms with Gasteiger partial charge in [0.15, 0.2) is 0 Å². The molecular weight excluding hydrogens is 626 g/mol. The SMILES string of the molecule is CC(C)C[C@H]1N([C@H](c2ccccc2)[C@@H](O)c2ccccc2)[C@@H](C(=O)N(C)C)[C@H](c2ccccc2)[C@@]12C(=O)Nc1cc(Br)ccc12. The molecule has 2 aliphatic rings. The molecule has 2 aliphatic heterocycles. The number of carbonyl (C=O) groups is 2. The van der Waals surface area contributed by atoms with Crippen LogP contribution in [0.3, 0.4) is 0 Å². The van der Waals surface area contributed by atoms with E-state index in [1.807, 2.05) is 109 Å². The quantitative estimate of drug-likeness (QED) is 0.211. The summed E-state index contributed by atoms with van der Waals surface area (Å²) >= 11 is 3.61. The molecule has 7 heteroatoms. The highest BCUT2D eigenvalue weighted by molar-refractivity contribution is 9.10. The molecule has 1 saturated heterocycles. The molecule has 1 spiro atoms. The van der Waals surface area contributed by atoms with Gasteiger partial charge in [-0.1, -0.05) is 127 Å². The van der Waals surface area contributed by atoms with Crippen molar-refractivity contribution in [3.63, 3.8) is 0 Å². The highest BCUT2D eigenvalue weighted by Crippen LogP contribution is 2.62. The number of anilines is 1. The maximum Gasteiger partial charge on any atom is 0.240 e. The van der Waals surface area contributed by atoms with Crippen molar-refractivity contribution < 1.29 is 14.7 Å². The van der Waals surface area contributed by atoms with Gasteiger partial charge in [-0.3, -0.25) is 14.5 Å². The maximum absolute atomic E-state index is 14.9. The fraction of sp³-hybridized carbons (Fsp3) is 0.316. The van der Waals surface area contributed by atoms with Gasteiger partial charge in [0.25, 0.3) is 0 Å². The lowest BCUT2D eigenvalue weighted by Gasteiger charge is -2.43. The first-order chi connectivity index (χ1) is 21.7. The number of hydrogen-bond acceptors (Lipinski definition) is 4. The average molecular weight is 667 g/mol. The molecule has 0 bridgehead atoms. The Labute approximate surface area is 274 Å². The molecule has 2 N–H and O–H groups in total. The normalized spacial score (nSPS) is 24.0. The predicted octanol–water partition coefficient (Wildman–Crippen LogP) is 7.08. The van der Waals surface area contributed by atoms with Crippen LogP contribution >= 0.6 is 15.9 Å². The van der Waals surface area contributed by atoms with Crippen LogP contribution in [0.1, 0.15) is 60.6 Å². The van der Waals surface area contributed by atoms with Crippen LogP contribution in [0.15, 0.2) is 114 Å². The second-order valence-electron chi connectivity index (χ2n) is 12.9. The van der Waals surface area contributed by atoms with Gasteiger partial charge in [-0.2, -0.15) is 0 Å². The number of aliphatic hydroxyl groups excluding tert-OH is 1. The molecule has 0 saturated carbocycles. The van der Waals surface area contributed by atoms with Gasteiger partial charge in [0.1, 0.15) is 5.41 Å². The summed E-state index contributed by atoms with van der Waals surface area (Å²) in [6.45, 7) is 4.32. The van der Waals surface area contributed by atoms with Crippen molar-refractivity contribution in [3.8, 4) is 0 Å². The minimum Gasteiger partial charge on any atom is -0.386 e. The zero-order valence-corrected chi connectivity index (χ0v) is 27.7. The highest BCUT2D eigenvalue weighted by Gasteiger charge is 2.70. The Balaban J connectivity index is 1.71.